The lowest BCUT2D eigenvalue weighted by molar-refractivity contribution is -0.119. The highest BCUT2D eigenvalue weighted by Crippen LogP contribution is 2.27. The van der Waals surface area contributed by atoms with Crippen molar-refractivity contribution in [2.45, 2.75) is 31.6 Å². The third kappa shape index (κ3) is 5.29. The molecule has 0 aromatic heterocycles. The number of aryl methyl sites for hydroxylation is 1. The Balaban J connectivity index is 1.93. The van der Waals surface area contributed by atoms with Crippen molar-refractivity contribution in [1.82, 2.24) is 0 Å². The van der Waals surface area contributed by atoms with Gasteiger partial charge in [0, 0.05) is 0 Å². The molecule has 168 valence electrons. The zero-order valence-electron chi connectivity index (χ0n) is 18.6. The van der Waals surface area contributed by atoms with Crippen LogP contribution in [-0.4, -0.2) is 28.0 Å². The molecule has 0 radical (unpaired) electrons. The molecular weight excluding hydrogens is 426 g/mol. The number of benzene rings is 3. The van der Waals surface area contributed by atoms with Crippen molar-refractivity contribution >= 4 is 21.6 Å². The Bertz CT molecular complexity index is 1170. The van der Waals surface area contributed by atoms with Crippen LogP contribution in [0.2, 0.25) is 0 Å². The predicted octanol–water partition coefficient (Wildman–Crippen LogP) is 4.93. The Morgan fingerprint density at radius 2 is 1.59 bits per heavy atom. The maximum absolute atomic E-state index is 13.4. The fourth-order valence-corrected chi connectivity index (χ4v) is 4.53. The van der Waals surface area contributed by atoms with Gasteiger partial charge >= 0.3 is 0 Å². The zero-order chi connectivity index (χ0) is 23.3. The average Bonchev–Trinajstić information content (AvgIpc) is 2.78. The number of methoxy groups -OCH3 is 1. The van der Waals surface area contributed by atoms with Gasteiger partial charge in [0.15, 0.2) is 6.61 Å². The second-order valence-electron chi connectivity index (χ2n) is 7.69. The van der Waals surface area contributed by atoms with Gasteiger partial charge in [0.2, 0.25) is 0 Å². The minimum absolute atomic E-state index is 0.0223. The highest BCUT2D eigenvalue weighted by molar-refractivity contribution is 7.93. The first-order chi connectivity index (χ1) is 15.2. The number of hydrogen-bond donors (Lipinski definition) is 0. The molecule has 0 saturated carbocycles. The SMILES string of the molecule is COc1ccc(N(C(=O)COc2cccc(C(C)C)c2)S(=O)(=O)c2ccc(C)cc2)cc1. The van der Waals surface area contributed by atoms with Gasteiger partial charge in [-0.15, -0.1) is 0 Å². The second kappa shape index (κ2) is 9.87. The zero-order valence-corrected chi connectivity index (χ0v) is 19.4. The van der Waals surface area contributed by atoms with Crippen molar-refractivity contribution in [2.75, 3.05) is 18.0 Å². The van der Waals surface area contributed by atoms with E-state index in [0.717, 1.165) is 15.4 Å². The Morgan fingerprint density at radius 3 is 2.19 bits per heavy atom. The van der Waals surface area contributed by atoms with Gasteiger partial charge in [0.05, 0.1) is 17.7 Å². The molecule has 0 aliphatic heterocycles. The van der Waals surface area contributed by atoms with E-state index in [-0.39, 0.29) is 10.6 Å². The minimum Gasteiger partial charge on any atom is -0.497 e. The first-order valence-electron chi connectivity index (χ1n) is 10.2. The third-order valence-corrected chi connectivity index (χ3v) is 6.74. The second-order valence-corrected chi connectivity index (χ2v) is 9.48. The molecule has 3 aromatic rings. The number of rotatable bonds is 8. The summed E-state index contributed by atoms with van der Waals surface area (Å²) in [6, 6.07) is 20.0. The number of hydrogen-bond acceptors (Lipinski definition) is 5. The Labute approximate surface area is 189 Å². The molecule has 3 rings (SSSR count). The standard InChI is InChI=1S/C25H27NO5S/c1-18(2)20-6-5-7-23(16-20)31-17-25(27)26(21-10-12-22(30-4)13-11-21)32(28,29)24-14-8-19(3)9-15-24/h5-16,18H,17H2,1-4H3. The average molecular weight is 454 g/mol. The van der Waals surface area contributed by atoms with Crippen LogP contribution in [0.1, 0.15) is 30.9 Å². The van der Waals surface area contributed by atoms with Gasteiger partial charge in [-0.3, -0.25) is 4.79 Å². The maximum Gasteiger partial charge on any atom is 0.278 e. The lowest BCUT2D eigenvalue weighted by Crippen LogP contribution is -2.40. The van der Waals surface area contributed by atoms with Gasteiger partial charge in [-0.1, -0.05) is 43.7 Å². The van der Waals surface area contributed by atoms with Gasteiger partial charge < -0.3 is 9.47 Å². The number of carbonyl (C=O) groups excluding carboxylic acids is 1. The van der Waals surface area contributed by atoms with E-state index in [1.54, 1.807) is 30.3 Å². The van der Waals surface area contributed by atoms with E-state index in [1.807, 2.05) is 25.1 Å². The Kier molecular flexibility index (Phi) is 7.20. The van der Waals surface area contributed by atoms with Crippen LogP contribution in [0.3, 0.4) is 0 Å². The van der Waals surface area contributed by atoms with Crippen LogP contribution < -0.4 is 13.8 Å². The molecule has 0 spiro atoms. The van der Waals surface area contributed by atoms with Crippen molar-refractivity contribution in [3.63, 3.8) is 0 Å². The Morgan fingerprint density at radius 1 is 0.938 bits per heavy atom. The van der Waals surface area contributed by atoms with Gasteiger partial charge in [0.1, 0.15) is 11.5 Å². The molecule has 1 amide bonds. The lowest BCUT2D eigenvalue weighted by Gasteiger charge is -2.23. The molecule has 0 heterocycles. The van der Waals surface area contributed by atoms with E-state index in [0.29, 0.717) is 17.4 Å². The van der Waals surface area contributed by atoms with Gasteiger partial charge in [0.25, 0.3) is 15.9 Å². The molecule has 6 nitrogen and oxygen atoms in total. The van der Waals surface area contributed by atoms with Crippen molar-refractivity contribution in [2.24, 2.45) is 0 Å². The van der Waals surface area contributed by atoms with Crippen LogP contribution in [0, 0.1) is 6.92 Å². The van der Waals surface area contributed by atoms with Crippen LogP contribution in [0.5, 0.6) is 11.5 Å². The summed E-state index contributed by atoms with van der Waals surface area (Å²) in [5, 5.41) is 0. The first-order valence-corrected chi connectivity index (χ1v) is 11.7. The molecule has 0 N–H and O–H groups in total. The van der Waals surface area contributed by atoms with E-state index >= 15 is 0 Å². The molecule has 0 atom stereocenters. The van der Waals surface area contributed by atoms with Crippen molar-refractivity contribution in [1.29, 1.82) is 0 Å². The van der Waals surface area contributed by atoms with E-state index in [2.05, 4.69) is 13.8 Å². The minimum atomic E-state index is -4.15. The maximum atomic E-state index is 13.4. The summed E-state index contributed by atoms with van der Waals surface area (Å²) in [5.74, 6) is 0.653. The number of anilines is 1. The summed E-state index contributed by atoms with van der Waals surface area (Å²) >= 11 is 0. The van der Waals surface area contributed by atoms with Crippen molar-refractivity contribution in [3.05, 3.63) is 83.9 Å². The number of ether oxygens (including phenoxy) is 2. The number of nitrogens with zero attached hydrogens (tertiary/aromatic N) is 1. The molecule has 0 aliphatic carbocycles. The first kappa shape index (κ1) is 23.3. The highest BCUT2D eigenvalue weighted by atomic mass is 32.2. The monoisotopic (exact) mass is 453 g/mol. The Hall–Kier alpha value is -3.32. The molecule has 0 unspecified atom stereocenters. The van der Waals surface area contributed by atoms with Crippen LogP contribution in [0.15, 0.2) is 77.7 Å². The summed E-state index contributed by atoms with van der Waals surface area (Å²) in [6.45, 7) is 5.55. The predicted molar refractivity (Wildman–Crippen MR) is 125 cm³/mol. The molecule has 0 fully saturated rings. The molecule has 0 saturated heterocycles. The van der Waals surface area contributed by atoms with Gasteiger partial charge in [-0.05, 0) is 66.9 Å². The van der Waals surface area contributed by atoms with E-state index in [9.17, 15) is 13.2 Å². The van der Waals surface area contributed by atoms with Crippen LogP contribution in [-0.2, 0) is 14.8 Å². The van der Waals surface area contributed by atoms with E-state index in [1.165, 1.54) is 31.4 Å². The van der Waals surface area contributed by atoms with E-state index < -0.39 is 22.5 Å². The van der Waals surface area contributed by atoms with Crippen LogP contribution in [0.4, 0.5) is 5.69 Å². The lowest BCUT2D eigenvalue weighted by atomic mass is 10.0. The summed E-state index contributed by atoms with van der Waals surface area (Å²) in [5.41, 5.74) is 2.18. The summed E-state index contributed by atoms with van der Waals surface area (Å²) < 4.78 is 38.4. The van der Waals surface area contributed by atoms with Crippen LogP contribution >= 0.6 is 0 Å². The number of amides is 1. The third-order valence-electron chi connectivity index (χ3n) is 4.98. The molecule has 0 aliphatic rings. The topological polar surface area (TPSA) is 72.9 Å². The fraction of sp³-hybridized carbons (Fsp3) is 0.240. The van der Waals surface area contributed by atoms with Gasteiger partial charge in [-0.2, -0.15) is 4.31 Å². The van der Waals surface area contributed by atoms with Gasteiger partial charge in [-0.25, -0.2) is 8.42 Å². The van der Waals surface area contributed by atoms with Crippen LogP contribution in [0.25, 0.3) is 0 Å². The largest absolute Gasteiger partial charge is 0.497 e. The smallest absolute Gasteiger partial charge is 0.278 e. The number of sulfonamides is 1. The molecule has 0 bridgehead atoms. The highest BCUT2D eigenvalue weighted by Gasteiger charge is 2.31. The van der Waals surface area contributed by atoms with E-state index in [4.69, 9.17) is 9.47 Å². The summed E-state index contributed by atoms with van der Waals surface area (Å²) in [4.78, 5) is 13.2. The fourth-order valence-electron chi connectivity index (χ4n) is 3.12. The molecular formula is C25H27NO5S. The molecule has 32 heavy (non-hydrogen) atoms. The number of carbonyl (C=O) groups is 1. The summed E-state index contributed by atoms with van der Waals surface area (Å²) in [7, 11) is -2.64. The summed E-state index contributed by atoms with van der Waals surface area (Å²) in [6.07, 6.45) is 0. The van der Waals surface area contributed by atoms with Crippen molar-refractivity contribution < 1.29 is 22.7 Å². The van der Waals surface area contributed by atoms with Crippen molar-refractivity contribution in [3.8, 4) is 11.5 Å². The molecule has 7 heteroatoms. The molecule has 3 aromatic carbocycles. The normalized spacial score (nSPS) is 11.3. The quantitative estimate of drug-likeness (QED) is 0.484.